The smallest absolute Gasteiger partial charge is 0.320 e. The molecule has 10 nitrogen and oxygen atoms in total. The molecule has 1 unspecified atom stereocenters. The van der Waals surface area contributed by atoms with Crippen LogP contribution < -0.4 is 11.1 Å². The maximum absolute atomic E-state index is 13.4. The first kappa shape index (κ1) is 29.7. The molecule has 4 aliphatic rings. The SMILES string of the molecule is CNC(=O)CCC(N)C(=O)O.C[C@]12CC[C@@H](O)C[C@H]1CC[C@@H]1[C@@H]2C(=O)C[C@@]2(C)[C@H]1CC[C@]2(O)C(=O)CO. The van der Waals surface area contributed by atoms with Gasteiger partial charge in [-0.3, -0.25) is 19.2 Å². The Labute approximate surface area is 218 Å². The van der Waals surface area contributed by atoms with Gasteiger partial charge in [0, 0.05) is 31.2 Å². The Kier molecular flexibility index (Phi) is 8.89. The second-order valence-corrected chi connectivity index (χ2v) is 12.2. The van der Waals surface area contributed by atoms with Crippen molar-refractivity contribution in [3.8, 4) is 0 Å². The van der Waals surface area contributed by atoms with Crippen LogP contribution in [0.1, 0.15) is 78.1 Å². The highest BCUT2D eigenvalue weighted by molar-refractivity contribution is 5.92. The molecule has 0 radical (unpaired) electrons. The number of aliphatic carboxylic acids is 1. The molecule has 4 aliphatic carbocycles. The van der Waals surface area contributed by atoms with Gasteiger partial charge in [0.1, 0.15) is 24.0 Å². The van der Waals surface area contributed by atoms with E-state index in [1.54, 1.807) is 0 Å². The number of nitrogens with two attached hydrogens (primary N) is 1. The van der Waals surface area contributed by atoms with Crippen molar-refractivity contribution < 1.29 is 39.6 Å². The van der Waals surface area contributed by atoms with Crippen molar-refractivity contribution >= 4 is 23.4 Å². The molecule has 0 aromatic carbocycles. The lowest BCUT2D eigenvalue weighted by atomic mass is 9.44. The number of carboxylic acid groups (broad SMARTS) is 1. The molecule has 0 heterocycles. The number of carboxylic acids is 1. The van der Waals surface area contributed by atoms with Gasteiger partial charge in [0.05, 0.1) is 6.10 Å². The van der Waals surface area contributed by atoms with E-state index >= 15 is 0 Å². The number of amides is 1. The normalized spacial score (nSPS) is 41.3. The van der Waals surface area contributed by atoms with Gasteiger partial charge in [-0.1, -0.05) is 13.8 Å². The number of carbonyl (C=O) groups excluding carboxylic acids is 3. The quantitative estimate of drug-likeness (QED) is 0.292. The largest absolute Gasteiger partial charge is 0.480 e. The Morgan fingerprint density at radius 3 is 2.41 bits per heavy atom. The summed E-state index contributed by atoms with van der Waals surface area (Å²) < 4.78 is 0. The minimum absolute atomic E-state index is 0.0154. The molecule has 0 spiro atoms. The summed E-state index contributed by atoms with van der Waals surface area (Å²) in [5.74, 6) is -0.888. The third-order valence-corrected chi connectivity index (χ3v) is 10.4. The maximum atomic E-state index is 13.4. The summed E-state index contributed by atoms with van der Waals surface area (Å²) in [7, 11) is 1.49. The predicted octanol–water partition coefficient (Wildman–Crippen LogP) is 0.786. The van der Waals surface area contributed by atoms with Crippen LogP contribution >= 0.6 is 0 Å². The number of fused-ring (bicyclic) bond motifs is 5. The van der Waals surface area contributed by atoms with Gasteiger partial charge in [-0.15, -0.1) is 0 Å². The summed E-state index contributed by atoms with van der Waals surface area (Å²) in [5.41, 5.74) is 2.74. The molecule has 0 saturated heterocycles. The average molecular weight is 525 g/mol. The van der Waals surface area contributed by atoms with E-state index in [2.05, 4.69) is 12.2 Å². The fourth-order valence-corrected chi connectivity index (χ4v) is 8.18. The van der Waals surface area contributed by atoms with E-state index in [-0.39, 0.29) is 60.2 Å². The van der Waals surface area contributed by atoms with Gasteiger partial charge < -0.3 is 31.5 Å². The van der Waals surface area contributed by atoms with Gasteiger partial charge in [0.15, 0.2) is 5.78 Å². The zero-order chi connectivity index (χ0) is 27.8. The van der Waals surface area contributed by atoms with Gasteiger partial charge >= 0.3 is 5.97 Å². The fourth-order valence-electron chi connectivity index (χ4n) is 8.18. The maximum Gasteiger partial charge on any atom is 0.320 e. The van der Waals surface area contributed by atoms with Crippen LogP contribution in [-0.2, 0) is 19.2 Å². The zero-order valence-electron chi connectivity index (χ0n) is 22.2. The zero-order valence-corrected chi connectivity index (χ0v) is 22.2. The van der Waals surface area contributed by atoms with Crippen molar-refractivity contribution in [1.29, 1.82) is 0 Å². The number of nitrogens with one attached hydrogen (secondary N) is 1. The lowest BCUT2D eigenvalue weighted by Gasteiger charge is -2.60. The van der Waals surface area contributed by atoms with Gasteiger partial charge in [-0.05, 0) is 74.5 Å². The van der Waals surface area contributed by atoms with Gasteiger partial charge in [0.25, 0.3) is 0 Å². The third kappa shape index (κ3) is 5.22. The van der Waals surface area contributed by atoms with Crippen molar-refractivity contribution in [2.75, 3.05) is 13.7 Å². The van der Waals surface area contributed by atoms with Crippen LogP contribution in [0.15, 0.2) is 0 Å². The van der Waals surface area contributed by atoms with Crippen LogP contribution in [0.3, 0.4) is 0 Å². The van der Waals surface area contributed by atoms with E-state index in [1.807, 2.05) is 6.92 Å². The molecule has 4 fully saturated rings. The van der Waals surface area contributed by atoms with E-state index in [0.29, 0.717) is 12.3 Å². The van der Waals surface area contributed by atoms with E-state index in [0.717, 1.165) is 38.5 Å². The van der Waals surface area contributed by atoms with Crippen molar-refractivity contribution in [3.05, 3.63) is 0 Å². The van der Waals surface area contributed by atoms with Gasteiger partial charge in [0.2, 0.25) is 5.91 Å². The van der Waals surface area contributed by atoms with Crippen molar-refractivity contribution in [2.24, 2.45) is 40.2 Å². The number of rotatable bonds is 6. The lowest BCUT2D eigenvalue weighted by Crippen LogP contribution is -2.62. The molecule has 0 aliphatic heterocycles. The monoisotopic (exact) mass is 524 g/mol. The van der Waals surface area contributed by atoms with Crippen molar-refractivity contribution in [2.45, 2.75) is 95.8 Å². The van der Waals surface area contributed by atoms with Gasteiger partial charge in [-0.25, -0.2) is 0 Å². The summed E-state index contributed by atoms with van der Waals surface area (Å²) >= 11 is 0. The van der Waals surface area contributed by atoms with E-state index < -0.39 is 35.4 Å². The second kappa shape index (κ2) is 11.1. The van der Waals surface area contributed by atoms with Crippen LogP contribution in [0.25, 0.3) is 0 Å². The topological polar surface area (TPSA) is 187 Å². The van der Waals surface area contributed by atoms with E-state index in [4.69, 9.17) is 10.8 Å². The molecule has 0 bridgehead atoms. The average Bonchev–Trinajstić information content (AvgIpc) is 3.13. The highest BCUT2D eigenvalue weighted by Crippen LogP contribution is 2.67. The Hall–Kier alpha value is -1.88. The first-order chi connectivity index (χ1) is 17.2. The number of aliphatic hydroxyl groups is 3. The van der Waals surface area contributed by atoms with Crippen LogP contribution in [0.5, 0.6) is 0 Å². The minimum atomic E-state index is -1.58. The summed E-state index contributed by atoms with van der Waals surface area (Å²) in [6, 6.07) is -0.938. The predicted molar refractivity (Wildman–Crippen MR) is 134 cm³/mol. The van der Waals surface area contributed by atoms with Crippen LogP contribution in [0.2, 0.25) is 0 Å². The van der Waals surface area contributed by atoms with E-state index in [9.17, 15) is 34.5 Å². The molecule has 7 N–H and O–H groups in total. The van der Waals surface area contributed by atoms with Gasteiger partial charge in [-0.2, -0.15) is 0 Å². The molecule has 9 atom stereocenters. The summed E-state index contributed by atoms with van der Waals surface area (Å²) in [6.07, 6.45) is 5.81. The minimum Gasteiger partial charge on any atom is -0.480 e. The van der Waals surface area contributed by atoms with Crippen LogP contribution in [-0.4, -0.2) is 75.3 Å². The summed E-state index contributed by atoms with van der Waals surface area (Å²) in [6.45, 7) is 3.46. The Bertz CT molecular complexity index is 911. The number of Topliss-reactive ketones (excluding diaryl/α,β-unsaturated/α-hetero) is 2. The summed E-state index contributed by atoms with van der Waals surface area (Å²) in [4.78, 5) is 46.4. The molecule has 4 rings (SSSR count). The lowest BCUT2D eigenvalue weighted by molar-refractivity contribution is -0.180. The van der Waals surface area contributed by atoms with Crippen molar-refractivity contribution in [1.82, 2.24) is 5.32 Å². The highest BCUT2D eigenvalue weighted by Gasteiger charge is 2.68. The number of carbonyl (C=O) groups is 4. The molecule has 1 amide bonds. The first-order valence-electron chi connectivity index (χ1n) is 13.5. The number of aliphatic hydroxyl groups excluding tert-OH is 2. The standard InChI is InChI=1S/C21H32O5.C6H12N2O3/c1-19-7-5-13(23)9-12(19)3-4-14-15-6-8-21(26,17(25)11-22)20(15,2)10-16(24)18(14)19;1-8-5(9)3-2-4(7)6(10)11/h12-15,18,22-23,26H,3-11H2,1-2H3;4H,2-3,7H2,1H3,(H,8,9)(H,10,11)/t12-,13-,14+,15+,18-,19+,20+,21+;/m1./s1. The molecular formula is C27H44N2O8. The summed E-state index contributed by atoms with van der Waals surface area (Å²) in [5, 5.41) is 41.3. The Morgan fingerprint density at radius 2 is 1.81 bits per heavy atom. The number of hydrogen-bond donors (Lipinski definition) is 6. The number of hydrogen-bond acceptors (Lipinski definition) is 8. The molecule has 10 heteroatoms. The molecule has 0 aromatic heterocycles. The molecule has 0 aromatic rings. The third-order valence-electron chi connectivity index (χ3n) is 10.4. The van der Waals surface area contributed by atoms with Crippen LogP contribution in [0, 0.1) is 34.5 Å². The fraction of sp³-hybridized carbons (Fsp3) is 0.852. The molecule has 210 valence electrons. The Balaban J connectivity index is 0.000000295. The number of ketones is 2. The first-order valence-corrected chi connectivity index (χ1v) is 13.5. The highest BCUT2D eigenvalue weighted by atomic mass is 16.4. The van der Waals surface area contributed by atoms with Crippen LogP contribution in [0.4, 0.5) is 0 Å². The molecular weight excluding hydrogens is 480 g/mol. The molecule has 37 heavy (non-hydrogen) atoms. The second-order valence-electron chi connectivity index (χ2n) is 12.2. The Morgan fingerprint density at radius 1 is 1.14 bits per heavy atom. The van der Waals surface area contributed by atoms with Crippen molar-refractivity contribution in [3.63, 3.8) is 0 Å². The van der Waals surface area contributed by atoms with E-state index in [1.165, 1.54) is 7.05 Å². The molecule has 4 saturated carbocycles.